The van der Waals surface area contributed by atoms with Crippen LogP contribution in [0.4, 0.5) is 0 Å². The van der Waals surface area contributed by atoms with Crippen LogP contribution in [0, 0.1) is 0 Å². The third-order valence-corrected chi connectivity index (χ3v) is 7.74. The second kappa shape index (κ2) is 17.4. The SMILES string of the molecule is CCc1cc(-c2ccccc2OCOC(C)C)c(C(C)C)c(-c2ccccc2OCOC(C)C)c1-c1ccccc1OCOC(C)C. The quantitative estimate of drug-likeness (QED) is 0.107. The lowest BCUT2D eigenvalue weighted by molar-refractivity contribution is -0.0201. The molecule has 0 aliphatic carbocycles. The Morgan fingerprint density at radius 1 is 0.468 bits per heavy atom. The minimum Gasteiger partial charge on any atom is -0.467 e. The van der Waals surface area contributed by atoms with Crippen LogP contribution in [0.1, 0.15) is 79.4 Å². The molecule has 0 unspecified atom stereocenters. The summed E-state index contributed by atoms with van der Waals surface area (Å²) >= 11 is 0. The van der Waals surface area contributed by atoms with Crippen molar-refractivity contribution in [1.29, 1.82) is 0 Å². The van der Waals surface area contributed by atoms with Crippen LogP contribution < -0.4 is 14.2 Å². The van der Waals surface area contributed by atoms with Gasteiger partial charge in [-0.3, -0.25) is 0 Å². The van der Waals surface area contributed by atoms with Gasteiger partial charge < -0.3 is 28.4 Å². The van der Waals surface area contributed by atoms with E-state index in [1.165, 1.54) is 11.1 Å². The second-order valence-corrected chi connectivity index (χ2v) is 12.7. The summed E-state index contributed by atoms with van der Waals surface area (Å²) in [6, 6.07) is 27.0. The number of para-hydroxylation sites is 3. The average molecular weight is 641 g/mol. The van der Waals surface area contributed by atoms with Gasteiger partial charge >= 0.3 is 0 Å². The first-order valence-corrected chi connectivity index (χ1v) is 16.8. The highest BCUT2D eigenvalue weighted by Crippen LogP contribution is 2.50. The third kappa shape index (κ3) is 9.38. The average Bonchev–Trinajstić information content (AvgIpc) is 3.04. The Kier molecular flexibility index (Phi) is 13.3. The summed E-state index contributed by atoms with van der Waals surface area (Å²) in [5.41, 5.74) is 8.71. The molecule has 0 amide bonds. The maximum atomic E-state index is 6.35. The third-order valence-electron chi connectivity index (χ3n) is 7.74. The smallest absolute Gasteiger partial charge is 0.189 e. The number of aryl methyl sites for hydroxylation is 1. The van der Waals surface area contributed by atoms with Crippen LogP contribution in [0.2, 0.25) is 0 Å². The van der Waals surface area contributed by atoms with Crippen molar-refractivity contribution >= 4 is 0 Å². The molecule has 4 aromatic rings. The predicted octanol–water partition coefficient (Wildman–Crippen LogP) is 10.7. The van der Waals surface area contributed by atoms with Gasteiger partial charge in [0.2, 0.25) is 0 Å². The highest BCUT2D eigenvalue weighted by Gasteiger charge is 2.27. The zero-order chi connectivity index (χ0) is 33.9. The Labute approximate surface area is 281 Å². The van der Waals surface area contributed by atoms with Crippen LogP contribution in [0.5, 0.6) is 17.2 Å². The zero-order valence-electron chi connectivity index (χ0n) is 29.6. The van der Waals surface area contributed by atoms with E-state index in [1.807, 2.05) is 77.9 Å². The van der Waals surface area contributed by atoms with Crippen molar-refractivity contribution in [3.8, 4) is 50.6 Å². The Bertz CT molecular complexity index is 1570. The summed E-state index contributed by atoms with van der Waals surface area (Å²) in [6.07, 6.45) is 0.965. The van der Waals surface area contributed by atoms with Crippen molar-refractivity contribution in [3.05, 3.63) is 90.0 Å². The molecule has 47 heavy (non-hydrogen) atoms. The summed E-state index contributed by atoms with van der Waals surface area (Å²) in [4.78, 5) is 0. The fourth-order valence-corrected chi connectivity index (χ4v) is 5.56. The lowest BCUT2D eigenvalue weighted by atomic mass is 9.78. The summed E-state index contributed by atoms with van der Waals surface area (Å²) in [6.45, 7) is 19.2. The minimum atomic E-state index is 0.0484. The lowest BCUT2D eigenvalue weighted by Gasteiger charge is -2.28. The van der Waals surface area contributed by atoms with E-state index in [4.69, 9.17) is 28.4 Å². The maximum absolute atomic E-state index is 6.35. The van der Waals surface area contributed by atoms with Crippen LogP contribution >= 0.6 is 0 Å². The normalized spacial score (nSPS) is 11.6. The second-order valence-electron chi connectivity index (χ2n) is 12.7. The van der Waals surface area contributed by atoms with Crippen LogP contribution in [0.3, 0.4) is 0 Å². The molecule has 0 heterocycles. The Morgan fingerprint density at radius 2 is 0.851 bits per heavy atom. The molecule has 6 heteroatoms. The Morgan fingerprint density at radius 3 is 1.26 bits per heavy atom. The molecule has 0 aliphatic heterocycles. The van der Waals surface area contributed by atoms with Crippen molar-refractivity contribution in [2.75, 3.05) is 20.4 Å². The number of rotatable bonds is 17. The van der Waals surface area contributed by atoms with E-state index in [1.54, 1.807) is 0 Å². The van der Waals surface area contributed by atoms with Crippen molar-refractivity contribution in [2.45, 2.75) is 93.0 Å². The zero-order valence-corrected chi connectivity index (χ0v) is 29.6. The molecule has 0 saturated heterocycles. The minimum absolute atomic E-state index is 0.0484. The molecule has 0 radical (unpaired) electrons. The molecule has 0 aliphatic rings. The predicted molar refractivity (Wildman–Crippen MR) is 191 cm³/mol. The van der Waals surface area contributed by atoms with Gasteiger partial charge in [0.05, 0.1) is 18.3 Å². The number of hydrogen-bond donors (Lipinski definition) is 0. The molecule has 0 fully saturated rings. The van der Waals surface area contributed by atoms with Gasteiger partial charge in [-0.1, -0.05) is 81.4 Å². The molecule has 0 bridgehead atoms. The van der Waals surface area contributed by atoms with Gasteiger partial charge in [0, 0.05) is 16.7 Å². The first-order chi connectivity index (χ1) is 22.6. The lowest BCUT2D eigenvalue weighted by Crippen LogP contribution is -2.11. The maximum Gasteiger partial charge on any atom is 0.189 e. The van der Waals surface area contributed by atoms with E-state index in [-0.39, 0.29) is 44.6 Å². The Balaban J connectivity index is 2.06. The first-order valence-electron chi connectivity index (χ1n) is 16.8. The summed E-state index contributed by atoms with van der Waals surface area (Å²) in [7, 11) is 0. The molecule has 252 valence electrons. The van der Waals surface area contributed by atoms with Crippen molar-refractivity contribution in [1.82, 2.24) is 0 Å². The molecular formula is C41H52O6. The number of ether oxygens (including phenoxy) is 6. The van der Waals surface area contributed by atoms with Gasteiger partial charge in [-0.05, 0) is 99.9 Å². The van der Waals surface area contributed by atoms with Gasteiger partial charge in [0.25, 0.3) is 0 Å². The van der Waals surface area contributed by atoms with E-state index >= 15 is 0 Å². The van der Waals surface area contributed by atoms with Crippen LogP contribution in [0.15, 0.2) is 78.9 Å². The van der Waals surface area contributed by atoms with Crippen molar-refractivity contribution in [2.24, 2.45) is 0 Å². The molecule has 6 nitrogen and oxygen atoms in total. The van der Waals surface area contributed by atoms with Gasteiger partial charge in [0.1, 0.15) is 17.2 Å². The summed E-state index contributed by atoms with van der Waals surface area (Å²) in [5.74, 6) is 2.44. The molecule has 4 rings (SSSR count). The van der Waals surface area contributed by atoms with E-state index in [0.29, 0.717) is 0 Å². The summed E-state index contributed by atoms with van der Waals surface area (Å²) < 4.78 is 36.3. The molecule has 0 atom stereocenters. The van der Waals surface area contributed by atoms with Gasteiger partial charge in [-0.25, -0.2) is 0 Å². The standard InChI is InChI=1S/C41H52O6/c1-10-31-23-35(32-17-11-14-20-36(32)45-24-42-28(4)5)39(27(2)3)41(34-19-13-16-22-38(34)47-26-44-30(8)9)40(31)33-18-12-15-21-37(33)46-25-43-29(6)7/h11-23,27-30H,10,24-26H2,1-9H3. The van der Waals surface area contributed by atoms with Crippen molar-refractivity contribution in [3.63, 3.8) is 0 Å². The van der Waals surface area contributed by atoms with Crippen LogP contribution in [0.25, 0.3) is 33.4 Å². The molecule has 0 aromatic heterocycles. The summed E-state index contributed by atoms with van der Waals surface area (Å²) in [5, 5.41) is 0. The highest BCUT2D eigenvalue weighted by molar-refractivity contribution is 5.97. The van der Waals surface area contributed by atoms with Crippen molar-refractivity contribution < 1.29 is 28.4 Å². The number of benzene rings is 4. The molecule has 0 N–H and O–H groups in total. The molecule has 4 aromatic carbocycles. The van der Waals surface area contributed by atoms with E-state index in [2.05, 4.69) is 63.2 Å². The monoisotopic (exact) mass is 640 g/mol. The first kappa shape index (κ1) is 36.0. The molecular weight excluding hydrogens is 588 g/mol. The van der Waals surface area contributed by atoms with E-state index in [0.717, 1.165) is 57.1 Å². The fraction of sp³-hybridized carbons (Fsp3) is 0.415. The largest absolute Gasteiger partial charge is 0.467 e. The van der Waals surface area contributed by atoms with Gasteiger partial charge in [-0.2, -0.15) is 0 Å². The fourth-order valence-electron chi connectivity index (χ4n) is 5.56. The molecule has 0 saturated carbocycles. The highest BCUT2D eigenvalue weighted by atomic mass is 16.7. The van der Waals surface area contributed by atoms with Gasteiger partial charge in [-0.15, -0.1) is 0 Å². The number of hydrogen-bond acceptors (Lipinski definition) is 6. The molecule has 0 spiro atoms. The van der Waals surface area contributed by atoms with Gasteiger partial charge in [0.15, 0.2) is 20.4 Å². The Hall–Kier alpha value is -3.84. The van der Waals surface area contributed by atoms with E-state index in [9.17, 15) is 0 Å². The topological polar surface area (TPSA) is 55.4 Å². The van der Waals surface area contributed by atoms with E-state index < -0.39 is 0 Å². The van der Waals surface area contributed by atoms with Crippen LogP contribution in [-0.4, -0.2) is 38.7 Å². The van der Waals surface area contributed by atoms with Crippen LogP contribution in [-0.2, 0) is 20.6 Å².